The Morgan fingerprint density at radius 2 is 1.60 bits per heavy atom. The molecule has 52 valence electrons. The van der Waals surface area contributed by atoms with Gasteiger partial charge in [-0.15, -0.1) is 0 Å². The Morgan fingerprint density at radius 3 is 2.00 bits per heavy atom. The van der Waals surface area contributed by atoms with Crippen LogP contribution in [0.4, 0.5) is 4.39 Å². The minimum absolute atomic E-state index is 0.176. The van der Waals surface area contributed by atoms with Crippen molar-refractivity contribution in [1.29, 1.82) is 0 Å². The molecule has 0 aliphatic carbocycles. The number of benzene rings is 1. The van der Waals surface area contributed by atoms with E-state index in [1.165, 1.54) is 18.1 Å². The fourth-order valence-corrected chi connectivity index (χ4v) is 0.783. The minimum Gasteiger partial charge on any atom is -0.204 e. The van der Waals surface area contributed by atoms with E-state index in [2.05, 4.69) is 0 Å². The molecule has 10 heavy (non-hydrogen) atoms. The largest absolute Gasteiger partial charge is 0.204 e. The van der Waals surface area contributed by atoms with E-state index in [1.807, 2.05) is 13.8 Å². The van der Waals surface area contributed by atoms with Gasteiger partial charge in [0.1, 0.15) is 11.4 Å². The Labute approximate surface area is 60.7 Å². The average Bonchev–Trinajstić information content (AvgIpc) is 1.88. The first-order chi connectivity index (χ1) is 4.70. The topological polar surface area (TPSA) is 0 Å². The highest BCUT2D eigenvalue weighted by molar-refractivity contribution is 5.27. The molecule has 0 aliphatic heterocycles. The van der Waals surface area contributed by atoms with Gasteiger partial charge in [0.15, 0.2) is 0 Å². The van der Waals surface area contributed by atoms with Crippen LogP contribution in [0.1, 0.15) is 19.4 Å². The van der Waals surface area contributed by atoms with Crippen LogP contribution in [-0.4, -0.2) is 0 Å². The molecular formula is C9H10F+. The monoisotopic (exact) mass is 137 g/mol. The Hall–Kier alpha value is -0.980. The van der Waals surface area contributed by atoms with Crippen molar-refractivity contribution in [2.24, 2.45) is 0 Å². The molecule has 0 aromatic heterocycles. The summed E-state index contributed by atoms with van der Waals surface area (Å²) in [7, 11) is 0. The first-order valence-electron chi connectivity index (χ1n) is 3.26. The van der Waals surface area contributed by atoms with E-state index in [0.29, 0.717) is 0 Å². The van der Waals surface area contributed by atoms with Gasteiger partial charge in [-0.25, -0.2) is 4.39 Å². The van der Waals surface area contributed by atoms with E-state index in [9.17, 15) is 4.39 Å². The maximum Gasteiger partial charge on any atom is 0.149 e. The van der Waals surface area contributed by atoms with Crippen molar-refractivity contribution >= 4 is 0 Å². The molecule has 0 heterocycles. The van der Waals surface area contributed by atoms with E-state index in [1.54, 1.807) is 12.1 Å². The van der Waals surface area contributed by atoms with Gasteiger partial charge in [0.05, 0.1) is 0 Å². The molecule has 0 saturated heterocycles. The van der Waals surface area contributed by atoms with Gasteiger partial charge in [0.25, 0.3) is 0 Å². The van der Waals surface area contributed by atoms with Crippen LogP contribution in [0.5, 0.6) is 0 Å². The van der Waals surface area contributed by atoms with Crippen molar-refractivity contribution in [1.82, 2.24) is 0 Å². The van der Waals surface area contributed by atoms with Gasteiger partial charge in [-0.1, -0.05) is 0 Å². The van der Waals surface area contributed by atoms with Crippen LogP contribution in [0.15, 0.2) is 24.3 Å². The summed E-state index contributed by atoms with van der Waals surface area (Å²) >= 11 is 0. The van der Waals surface area contributed by atoms with E-state index in [0.717, 1.165) is 5.56 Å². The molecule has 0 saturated carbocycles. The minimum atomic E-state index is -0.176. The highest BCUT2D eigenvalue weighted by Crippen LogP contribution is 2.12. The Kier molecular flexibility index (Phi) is 1.95. The second-order valence-electron chi connectivity index (χ2n) is 2.51. The second kappa shape index (κ2) is 2.74. The van der Waals surface area contributed by atoms with Crippen molar-refractivity contribution in [2.75, 3.05) is 0 Å². The van der Waals surface area contributed by atoms with Gasteiger partial charge >= 0.3 is 0 Å². The molecule has 1 rings (SSSR count). The van der Waals surface area contributed by atoms with Gasteiger partial charge in [-0.05, 0) is 0 Å². The Morgan fingerprint density at radius 1 is 1.10 bits per heavy atom. The van der Waals surface area contributed by atoms with Crippen LogP contribution in [0.3, 0.4) is 0 Å². The smallest absolute Gasteiger partial charge is 0.149 e. The van der Waals surface area contributed by atoms with Gasteiger partial charge in [0, 0.05) is 44.0 Å². The summed E-state index contributed by atoms with van der Waals surface area (Å²) in [5, 5.41) is 0. The van der Waals surface area contributed by atoms with Crippen LogP contribution in [0.2, 0.25) is 0 Å². The normalized spacial score (nSPS) is 9.50. The quantitative estimate of drug-likeness (QED) is 0.522. The molecule has 0 nitrogen and oxygen atoms in total. The standard InChI is InChI=1S/C9H10F/c1-7(2)8-3-5-9(10)6-4-8/h3-6H,1-2H3/q+1. The number of hydrogen-bond donors (Lipinski definition) is 0. The van der Waals surface area contributed by atoms with Gasteiger partial charge in [-0.3, -0.25) is 0 Å². The SMILES string of the molecule is C[C+](C)c1ccc(F)cc1. The van der Waals surface area contributed by atoms with Crippen molar-refractivity contribution in [3.63, 3.8) is 0 Å². The molecule has 1 aromatic carbocycles. The first-order valence-corrected chi connectivity index (χ1v) is 3.26. The second-order valence-corrected chi connectivity index (χ2v) is 2.51. The Balaban J connectivity index is 2.89. The van der Waals surface area contributed by atoms with E-state index in [4.69, 9.17) is 0 Å². The molecule has 0 aliphatic rings. The summed E-state index contributed by atoms with van der Waals surface area (Å²) in [6, 6.07) is 6.51. The molecule has 1 heteroatoms. The third kappa shape index (κ3) is 1.50. The summed E-state index contributed by atoms with van der Waals surface area (Å²) < 4.78 is 12.3. The summed E-state index contributed by atoms with van der Waals surface area (Å²) in [5.74, 6) is 1.03. The maximum absolute atomic E-state index is 12.3. The van der Waals surface area contributed by atoms with Crippen molar-refractivity contribution < 1.29 is 4.39 Å². The summed E-state index contributed by atoms with van der Waals surface area (Å²) in [4.78, 5) is 0. The summed E-state index contributed by atoms with van der Waals surface area (Å²) in [6.45, 7) is 4.01. The van der Waals surface area contributed by atoms with E-state index >= 15 is 0 Å². The van der Waals surface area contributed by atoms with Gasteiger partial charge < -0.3 is 0 Å². The molecule has 0 fully saturated rings. The maximum atomic E-state index is 12.3. The number of halogens is 1. The lowest BCUT2D eigenvalue weighted by Gasteiger charge is -1.93. The van der Waals surface area contributed by atoms with Crippen LogP contribution >= 0.6 is 0 Å². The summed E-state index contributed by atoms with van der Waals surface area (Å²) in [5.41, 5.74) is 1.10. The molecule has 0 unspecified atom stereocenters. The van der Waals surface area contributed by atoms with Gasteiger partial charge in [-0.2, -0.15) is 0 Å². The van der Waals surface area contributed by atoms with Crippen LogP contribution in [-0.2, 0) is 0 Å². The predicted octanol–water partition coefficient (Wildman–Crippen LogP) is 2.79. The number of hydrogen-bond acceptors (Lipinski definition) is 0. The first kappa shape index (κ1) is 7.13. The average molecular weight is 137 g/mol. The predicted molar refractivity (Wildman–Crippen MR) is 40.1 cm³/mol. The Bertz CT molecular complexity index is 198. The fraction of sp³-hybridized carbons (Fsp3) is 0.222. The molecule has 1 aromatic rings. The molecule has 0 atom stereocenters. The highest BCUT2D eigenvalue weighted by Gasteiger charge is 2.05. The van der Waals surface area contributed by atoms with Crippen LogP contribution in [0.25, 0.3) is 0 Å². The highest BCUT2D eigenvalue weighted by atomic mass is 19.1. The number of rotatable bonds is 1. The zero-order valence-corrected chi connectivity index (χ0v) is 6.19. The van der Waals surface area contributed by atoms with E-state index in [-0.39, 0.29) is 5.82 Å². The summed E-state index contributed by atoms with van der Waals surface area (Å²) in [6.07, 6.45) is 0. The lowest BCUT2D eigenvalue weighted by molar-refractivity contribution is 0.627. The lowest BCUT2D eigenvalue weighted by atomic mass is 10.0. The van der Waals surface area contributed by atoms with Crippen molar-refractivity contribution in [3.05, 3.63) is 41.6 Å². The molecule has 0 spiro atoms. The fourth-order valence-electron chi connectivity index (χ4n) is 0.783. The zero-order chi connectivity index (χ0) is 7.56. The third-order valence-electron chi connectivity index (χ3n) is 1.42. The molecule has 0 N–H and O–H groups in total. The lowest BCUT2D eigenvalue weighted by Crippen LogP contribution is -1.86. The van der Waals surface area contributed by atoms with Crippen molar-refractivity contribution in [2.45, 2.75) is 13.8 Å². The van der Waals surface area contributed by atoms with Gasteiger partial charge in [0.2, 0.25) is 0 Å². The van der Waals surface area contributed by atoms with E-state index < -0.39 is 0 Å². The molecule has 0 bridgehead atoms. The molecule has 0 radical (unpaired) electrons. The third-order valence-corrected chi connectivity index (χ3v) is 1.42. The molecular weight excluding hydrogens is 127 g/mol. The van der Waals surface area contributed by atoms with Crippen molar-refractivity contribution in [3.8, 4) is 0 Å². The van der Waals surface area contributed by atoms with Crippen LogP contribution < -0.4 is 0 Å². The molecule has 0 amide bonds. The van der Waals surface area contributed by atoms with Crippen LogP contribution in [0, 0.1) is 11.7 Å². The zero-order valence-electron chi connectivity index (χ0n) is 6.19.